The van der Waals surface area contributed by atoms with Gasteiger partial charge in [0.15, 0.2) is 0 Å². The Morgan fingerprint density at radius 3 is 1.33 bits per heavy atom. The van der Waals surface area contributed by atoms with Gasteiger partial charge in [0.2, 0.25) is 0 Å². The molecule has 2 N–H and O–H groups in total. The molecule has 0 heterocycles. The zero-order valence-electron chi connectivity index (χ0n) is 12.2. The van der Waals surface area contributed by atoms with Crippen LogP contribution < -0.4 is 0 Å². The molecule has 0 saturated carbocycles. The molecule has 0 aliphatic heterocycles. The molecule has 24 heavy (non-hydrogen) atoms. The number of halogens is 2. The second-order valence-corrected chi connectivity index (χ2v) is 5.58. The van der Waals surface area contributed by atoms with Gasteiger partial charge in [0, 0.05) is 10.0 Å². The first-order valence-corrected chi connectivity index (χ1v) is 7.55. The summed E-state index contributed by atoms with van der Waals surface area (Å²) < 4.78 is 0. The first kappa shape index (κ1) is 17.8. The molecule has 2 rings (SSSR count). The van der Waals surface area contributed by atoms with Crippen LogP contribution in [0.2, 0.25) is 10.0 Å². The van der Waals surface area contributed by atoms with E-state index in [-0.39, 0.29) is 0 Å². The number of rotatable bonds is 5. The third-order valence-electron chi connectivity index (χ3n) is 3.16. The van der Waals surface area contributed by atoms with Crippen molar-refractivity contribution in [1.29, 1.82) is 0 Å². The van der Waals surface area contributed by atoms with Gasteiger partial charge in [-0.05, 0) is 35.4 Å². The molecule has 2 aromatic carbocycles. The summed E-state index contributed by atoms with van der Waals surface area (Å²) in [5.74, 6) is -2.76. The molecule has 0 saturated heterocycles. The van der Waals surface area contributed by atoms with Gasteiger partial charge in [-0.1, -0.05) is 59.6 Å². The highest BCUT2D eigenvalue weighted by Gasteiger charge is 2.20. The average molecular weight is 363 g/mol. The summed E-state index contributed by atoms with van der Waals surface area (Å²) in [4.78, 5) is 23.2. The van der Waals surface area contributed by atoms with Crippen molar-refractivity contribution >= 4 is 47.3 Å². The van der Waals surface area contributed by atoms with Gasteiger partial charge in [-0.15, -0.1) is 0 Å². The van der Waals surface area contributed by atoms with E-state index in [1.807, 2.05) is 0 Å². The molecule has 0 unspecified atom stereocenters. The summed E-state index contributed by atoms with van der Waals surface area (Å²) in [5, 5.41) is 19.5. The molecule has 4 nitrogen and oxygen atoms in total. The number of benzene rings is 2. The van der Waals surface area contributed by atoms with Gasteiger partial charge in [0.1, 0.15) is 0 Å². The van der Waals surface area contributed by atoms with Gasteiger partial charge in [-0.25, -0.2) is 9.59 Å². The molecule has 0 spiro atoms. The highest BCUT2D eigenvalue weighted by atomic mass is 35.5. The summed E-state index contributed by atoms with van der Waals surface area (Å²) in [7, 11) is 0. The summed E-state index contributed by atoms with van der Waals surface area (Å²) in [5.41, 5.74) is 0.0248. The Hall–Kier alpha value is -2.56. The Labute approximate surface area is 148 Å². The van der Waals surface area contributed by atoms with Crippen molar-refractivity contribution in [3.05, 3.63) is 80.8 Å². The largest absolute Gasteiger partial charge is 0.478 e. The van der Waals surface area contributed by atoms with Crippen LogP contribution in [0.3, 0.4) is 0 Å². The molecule has 0 atom stereocenters. The summed E-state index contributed by atoms with van der Waals surface area (Å²) in [6, 6.07) is 13.1. The van der Waals surface area contributed by atoms with Crippen molar-refractivity contribution in [2.45, 2.75) is 0 Å². The summed E-state index contributed by atoms with van der Waals surface area (Å²) in [6.45, 7) is 0. The lowest BCUT2D eigenvalue weighted by Crippen LogP contribution is -2.11. The van der Waals surface area contributed by atoms with E-state index in [0.717, 1.165) is 0 Å². The van der Waals surface area contributed by atoms with E-state index in [4.69, 9.17) is 23.2 Å². The third kappa shape index (κ3) is 4.25. The Morgan fingerprint density at radius 1 is 0.708 bits per heavy atom. The normalized spacial score (nSPS) is 12.1. The van der Waals surface area contributed by atoms with Gasteiger partial charge in [-0.3, -0.25) is 0 Å². The predicted molar refractivity (Wildman–Crippen MR) is 94.1 cm³/mol. The zero-order valence-corrected chi connectivity index (χ0v) is 13.8. The Morgan fingerprint density at radius 2 is 1.04 bits per heavy atom. The van der Waals surface area contributed by atoms with E-state index < -0.39 is 23.1 Å². The van der Waals surface area contributed by atoms with Gasteiger partial charge in [-0.2, -0.15) is 0 Å². The fourth-order valence-electron chi connectivity index (χ4n) is 2.00. The molecule has 0 amide bonds. The van der Waals surface area contributed by atoms with Crippen molar-refractivity contribution in [2.24, 2.45) is 0 Å². The van der Waals surface area contributed by atoms with Crippen LogP contribution in [0, 0.1) is 0 Å². The van der Waals surface area contributed by atoms with Crippen molar-refractivity contribution in [1.82, 2.24) is 0 Å². The number of aliphatic carboxylic acids is 2. The fraction of sp³-hybridized carbons (Fsp3) is 0. The lowest BCUT2D eigenvalue weighted by molar-refractivity contribution is -0.136. The number of hydrogen-bond acceptors (Lipinski definition) is 2. The molecule has 0 aliphatic carbocycles. The standard InChI is InChI=1S/C18H12Cl2O4/c19-15-7-3-1-5-11(15)9-13(17(21)22)14(18(23)24)10-12-6-2-4-8-16(12)20/h1-10H,(H,21,22)(H,23,24). The van der Waals surface area contributed by atoms with Crippen LogP contribution in [0.25, 0.3) is 12.2 Å². The minimum absolute atomic E-state index is 0.318. The third-order valence-corrected chi connectivity index (χ3v) is 3.85. The molecule has 0 aliphatic rings. The van der Waals surface area contributed by atoms with Gasteiger partial charge in [0.05, 0.1) is 11.1 Å². The Bertz CT molecular complexity index is 782. The lowest BCUT2D eigenvalue weighted by Gasteiger charge is -2.07. The monoisotopic (exact) mass is 362 g/mol. The number of carboxylic acids is 2. The van der Waals surface area contributed by atoms with Crippen LogP contribution in [0.4, 0.5) is 0 Å². The molecule has 122 valence electrons. The number of hydrogen-bond donors (Lipinski definition) is 2. The quantitative estimate of drug-likeness (QED) is 0.600. The van der Waals surface area contributed by atoms with Crippen LogP contribution in [-0.2, 0) is 9.59 Å². The maximum absolute atomic E-state index is 11.6. The van der Waals surface area contributed by atoms with Crippen LogP contribution >= 0.6 is 23.2 Å². The number of carboxylic acid groups (broad SMARTS) is 2. The molecule has 0 fully saturated rings. The summed E-state index contributed by atoms with van der Waals surface area (Å²) in [6.07, 6.45) is 2.45. The van der Waals surface area contributed by atoms with Crippen molar-refractivity contribution in [2.75, 3.05) is 0 Å². The first-order chi connectivity index (χ1) is 11.4. The topological polar surface area (TPSA) is 74.6 Å². The smallest absolute Gasteiger partial charge is 0.336 e. The van der Waals surface area contributed by atoms with E-state index in [0.29, 0.717) is 21.2 Å². The molecule has 0 aromatic heterocycles. The van der Waals surface area contributed by atoms with Gasteiger partial charge >= 0.3 is 11.9 Å². The summed E-state index contributed by atoms with van der Waals surface area (Å²) >= 11 is 12.0. The van der Waals surface area contributed by atoms with E-state index in [9.17, 15) is 19.8 Å². The van der Waals surface area contributed by atoms with E-state index >= 15 is 0 Å². The highest BCUT2D eigenvalue weighted by molar-refractivity contribution is 6.33. The first-order valence-electron chi connectivity index (χ1n) is 6.79. The van der Waals surface area contributed by atoms with Gasteiger partial charge in [0.25, 0.3) is 0 Å². The van der Waals surface area contributed by atoms with Gasteiger partial charge < -0.3 is 10.2 Å². The Kier molecular flexibility index (Phi) is 5.79. The van der Waals surface area contributed by atoms with Crippen LogP contribution in [0.1, 0.15) is 11.1 Å². The molecule has 0 radical (unpaired) electrons. The van der Waals surface area contributed by atoms with Crippen molar-refractivity contribution in [3.8, 4) is 0 Å². The predicted octanol–water partition coefficient (Wildman–Crippen LogP) is 4.63. The maximum Gasteiger partial charge on any atom is 0.336 e. The SMILES string of the molecule is O=C(O)C(=Cc1ccccc1Cl)C(=Cc1ccccc1Cl)C(=O)O. The highest BCUT2D eigenvalue weighted by Crippen LogP contribution is 2.25. The zero-order chi connectivity index (χ0) is 17.7. The lowest BCUT2D eigenvalue weighted by atomic mass is 10.00. The van der Waals surface area contributed by atoms with E-state index in [2.05, 4.69) is 0 Å². The molecule has 6 heteroatoms. The van der Waals surface area contributed by atoms with Crippen LogP contribution in [-0.4, -0.2) is 22.2 Å². The van der Waals surface area contributed by atoms with Crippen molar-refractivity contribution < 1.29 is 19.8 Å². The molecular weight excluding hydrogens is 351 g/mol. The second-order valence-electron chi connectivity index (χ2n) is 4.77. The number of carbonyl (C=O) groups is 2. The fourth-order valence-corrected chi connectivity index (χ4v) is 2.39. The maximum atomic E-state index is 11.6. The molecule has 2 aromatic rings. The van der Waals surface area contributed by atoms with Crippen molar-refractivity contribution in [3.63, 3.8) is 0 Å². The molecule has 0 bridgehead atoms. The Balaban J connectivity index is 2.62. The average Bonchev–Trinajstić information content (AvgIpc) is 2.53. The molecular formula is C18H12Cl2O4. The van der Waals surface area contributed by atoms with E-state index in [1.54, 1.807) is 48.5 Å². The minimum atomic E-state index is -1.38. The minimum Gasteiger partial charge on any atom is -0.478 e. The van der Waals surface area contributed by atoms with Crippen LogP contribution in [0.5, 0.6) is 0 Å². The van der Waals surface area contributed by atoms with E-state index in [1.165, 1.54) is 12.2 Å². The second kappa shape index (κ2) is 7.81. The van der Waals surface area contributed by atoms with Crippen LogP contribution in [0.15, 0.2) is 59.7 Å².